The van der Waals surface area contributed by atoms with Crippen molar-refractivity contribution >= 4 is 28.5 Å². The van der Waals surface area contributed by atoms with E-state index in [0.29, 0.717) is 30.4 Å². The van der Waals surface area contributed by atoms with Crippen LogP contribution < -0.4 is 16.2 Å². The van der Waals surface area contributed by atoms with Crippen molar-refractivity contribution in [1.82, 2.24) is 20.2 Å². The lowest BCUT2D eigenvalue weighted by Crippen LogP contribution is -2.29. The van der Waals surface area contributed by atoms with Crippen LogP contribution in [0.2, 0.25) is 0 Å². The number of rotatable bonds is 11. The first-order valence-corrected chi connectivity index (χ1v) is 13.5. The van der Waals surface area contributed by atoms with Gasteiger partial charge in [-0.2, -0.15) is 0 Å². The lowest BCUT2D eigenvalue weighted by molar-refractivity contribution is -0.123. The zero-order chi connectivity index (χ0) is 28.4. The van der Waals surface area contributed by atoms with Crippen molar-refractivity contribution in [3.63, 3.8) is 0 Å². The Balaban J connectivity index is 1.50. The van der Waals surface area contributed by atoms with Gasteiger partial charge in [-0.25, -0.2) is 4.98 Å². The molecular weight excluding hydrogens is 490 g/mol. The molecule has 206 valence electrons. The van der Waals surface area contributed by atoms with Gasteiger partial charge < -0.3 is 10.2 Å². The number of nitrogens with zero attached hydrogens (tertiary/aromatic N) is 2. The predicted octanol–water partition coefficient (Wildman–Crippen LogP) is 4.35. The SMILES string of the molecule is CCN(CC)CCCC(=O)c1ccc(C#CCNCc2ccc3nc(NC(=O)C(C)(C)C)[nH]c(=O)c3c2)cc1. The highest BCUT2D eigenvalue weighted by molar-refractivity contribution is 5.96. The lowest BCUT2D eigenvalue weighted by atomic mass is 9.96. The fourth-order valence-corrected chi connectivity index (χ4v) is 3.95. The number of benzene rings is 2. The number of aromatic nitrogens is 2. The number of anilines is 1. The predicted molar refractivity (Wildman–Crippen MR) is 157 cm³/mol. The summed E-state index contributed by atoms with van der Waals surface area (Å²) in [5, 5.41) is 6.38. The molecule has 0 saturated carbocycles. The topological polar surface area (TPSA) is 107 Å². The number of nitrogens with one attached hydrogen (secondary N) is 3. The number of hydrogen-bond donors (Lipinski definition) is 3. The second-order valence-electron chi connectivity index (χ2n) is 10.5. The molecule has 0 spiro atoms. The molecule has 2 aromatic carbocycles. The van der Waals surface area contributed by atoms with E-state index in [9.17, 15) is 14.4 Å². The van der Waals surface area contributed by atoms with E-state index >= 15 is 0 Å². The van der Waals surface area contributed by atoms with Crippen LogP contribution >= 0.6 is 0 Å². The summed E-state index contributed by atoms with van der Waals surface area (Å²) in [4.78, 5) is 46.5. The van der Waals surface area contributed by atoms with E-state index in [2.05, 4.69) is 51.2 Å². The number of carbonyl (C=O) groups is 2. The van der Waals surface area contributed by atoms with Crippen molar-refractivity contribution in [2.75, 3.05) is 31.5 Å². The summed E-state index contributed by atoms with van der Waals surface area (Å²) in [6.07, 6.45) is 1.42. The number of carbonyl (C=O) groups excluding carboxylic acids is 2. The minimum absolute atomic E-state index is 0.140. The van der Waals surface area contributed by atoms with Crippen molar-refractivity contribution in [3.8, 4) is 11.8 Å². The number of fused-ring (bicyclic) bond motifs is 1. The Kier molecular flexibility index (Phi) is 10.6. The molecule has 0 fully saturated rings. The summed E-state index contributed by atoms with van der Waals surface area (Å²) >= 11 is 0. The molecule has 0 bridgehead atoms. The van der Waals surface area contributed by atoms with E-state index in [-0.39, 0.29) is 23.2 Å². The average molecular weight is 530 g/mol. The molecule has 0 saturated heterocycles. The van der Waals surface area contributed by atoms with Crippen molar-refractivity contribution in [1.29, 1.82) is 0 Å². The molecule has 1 amide bonds. The van der Waals surface area contributed by atoms with Gasteiger partial charge >= 0.3 is 0 Å². The van der Waals surface area contributed by atoms with Crippen molar-refractivity contribution < 1.29 is 9.59 Å². The fraction of sp³-hybridized carbons (Fsp3) is 0.419. The summed E-state index contributed by atoms with van der Waals surface area (Å²) < 4.78 is 0. The monoisotopic (exact) mass is 529 g/mol. The standard InChI is InChI=1S/C31H39N5O3/c1-6-36(7-2)19-9-11-27(37)24-15-12-22(13-16-24)10-8-18-32-21-23-14-17-26-25(20-23)28(38)34-30(33-26)35-29(39)31(3,4)5/h12-17,20,32H,6-7,9,11,18-19,21H2,1-5H3,(H2,33,34,35,38,39). The molecule has 0 aliphatic rings. The molecule has 0 unspecified atom stereocenters. The molecule has 3 aromatic rings. The van der Waals surface area contributed by atoms with Crippen LogP contribution in [0.15, 0.2) is 47.3 Å². The third kappa shape index (κ3) is 8.88. The third-order valence-corrected chi connectivity index (χ3v) is 6.44. The lowest BCUT2D eigenvalue weighted by Gasteiger charge is -2.17. The second kappa shape index (κ2) is 13.8. The Morgan fingerprint density at radius 2 is 1.77 bits per heavy atom. The van der Waals surface area contributed by atoms with E-state index in [4.69, 9.17) is 0 Å². The van der Waals surface area contributed by atoms with Gasteiger partial charge in [-0.3, -0.25) is 24.7 Å². The van der Waals surface area contributed by atoms with Crippen molar-refractivity contribution in [2.45, 2.75) is 54.0 Å². The first-order chi connectivity index (χ1) is 18.6. The van der Waals surface area contributed by atoms with Crippen LogP contribution in [-0.4, -0.2) is 52.7 Å². The summed E-state index contributed by atoms with van der Waals surface area (Å²) in [6, 6.07) is 12.9. The van der Waals surface area contributed by atoms with E-state index in [1.165, 1.54) is 0 Å². The minimum Gasteiger partial charge on any atom is -0.304 e. The first kappa shape index (κ1) is 29.8. The maximum absolute atomic E-state index is 12.6. The van der Waals surface area contributed by atoms with Crippen LogP contribution in [0.5, 0.6) is 0 Å². The van der Waals surface area contributed by atoms with Crippen LogP contribution in [0.25, 0.3) is 10.9 Å². The molecule has 39 heavy (non-hydrogen) atoms. The second-order valence-corrected chi connectivity index (χ2v) is 10.5. The fourth-order valence-electron chi connectivity index (χ4n) is 3.95. The molecule has 8 nitrogen and oxygen atoms in total. The normalized spacial score (nSPS) is 11.3. The smallest absolute Gasteiger partial charge is 0.260 e. The zero-order valence-electron chi connectivity index (χ0n) is 23.6. The Labute approximate surface area is 230 Å². The molecular formula is C31H39N5O3. The summed E-state index contributed by atoms with van der Waals surface area (Å²) in [7, 11) is 0. The van der Waals surface area contributed by atoms with Gasteiger partial charge in [0.1, 0.15) is 0 Å². The van der Waals surface area contributed by atoms with Gasteiger partial charge in [-0.1, -0.05) is 64.7 Å². The third-order valence-electron chi connectivity index (χ3n) is 6.44. The van der Waals surface area contributed by atoms with Gasteiger partial charge in [-0.15, -0.1) is 0 Å². The molecule has 1 aromatic heterocycles. The van der Waals surface area contributed by atoms with Crippen LogP contribution in [-0.2, 0) is 11.3 Å². The highest BCUT2D eigenvalue weighted by Crippen LogP contribution is 2.17. The molecule has 0 atom stereocenters. The number of H-pyrrole nitrogens is 1. The molecule has 1 heterocycles. The van der Waals surface area contributed by atoms with Gasteiger partial charge in [0.05, 0.1) is 17.4 Å². The highest BCUT2D eigenvalue weighted by Gasteiger charge is 2.22. The average Bonchev–Trinajstić information content (AvgIpc) is 2.91. The Bertz CT molecular complexity index is 1400. The zero-order valence-corrected chi connectivity index (χ0v) is 23.6. The first-order valence-electron chi connectivity index (χ1n) is 13.5. The number of Topliss-reactive ketones (excluding diaryl/α,β-unsaturated/α-hetero) is 1. The van der Waals surface area contributed by atoms with Crippen LogP contribution in [0.3, 0.4) is 0 Å². The molecule has 3 rings (SSSR count). The molecule has 3 N–H and O–H groups in total. The van der Waals surface area contributed by atoms with Gasteiger partial charge in [0.2, 0.25) is 11.9 Å². The minimum atomic E-state index is -0.598. The van der Waals surface area contributed by atoms with E-state index in [1.807, 2.05) is 30.3 Å². The molecule has 0 aliphatic carbocycles. The quantitative estimate of drug-likeness (QED) is 0.194. The van der Waals surface area contributed by atoms with Gasteiger partial charge in [0, 0.05) is 29.5 Å². The molecule has 0 aliphatic heterocycles. The van der Waals surface area contributed by atoms with Gasteiger partial charge in [-0.05, 0) is 55.9 Å². The van der Waals surface area contributed by atoms with Crippen molar-refractivity contribution in [3.05, 3.63) is 69.5 Å². The largest absolute Gasteiger partial charge is 0.304 e. The van der Waals surface area contributed by atoms with Gasteiger partial charge in [0.25, 0.3) is 5.56 Å². The molecule has 8 heteroatoms. The Morgan fingerprint density at radius 3 is 2.44 bits per heavy atom. The number of aromatic amines is 1. The van der Waals surface area contributed by atoms with E-state index in [0.717, 1.165) is 42.7 Å². The Morgan fingerprint density at radius 1 is 1.05 bits per heavy atom. The number of hydrogen-bond acceptors (Lipinski definition) is 6. The maximum atomic E-state index is 12.6. The summed E-state index contributed by atoms with van der Waals surface area (Å²) in [5.41, 5.74) is 2.11. The molecule has 0 radical (unpaired) electrons. The number of ketones is 1. The van der Waals surface area contributed by atoms with Crippen LogP contribution in [0.1, 0.15) is 68.9 Å². The van der Waals surface area contributed by atoms with Crippen LogP contribution in [0.4, 0.5) is 5.95 Å². The summed E-state index contributed by atoms with van der Waals surface area (Å²) in [6.45, 7) is 13.6. The maximum Gasteiger partial charge on any atom is 0.260 e. The van der Waals surface area contributed by atoms with Gasteiger partial charge in [0.15, 0.2) is 5.78 Å². The highest BCUT2D eigenvalue weighted by atomic mass is 16.2. The summed E-state index contributed by atoms with van der Waals surface area (Å²) in [5.74, 6) is 6.29. The number of amides is 1. The van der Waals surface area contributed by atoms with E-state index in [1.54, 1.807) is 32.9 Å². The Hall–Kier alpha value is -3.80. The van der Waals surface area contributed by atoms with E-state index < -0.39 is 5.41 Å². The van der Waals surface area contributed by atoms with Crippen molar-refractivity contribution in [2.24, 2.45) is 5.41 Å². The van der Waals surface area contributed by atoms with Crippen LogP contribution in [0, 0.1) is 17.3 Å².